The lowest BCUT2D eigenvalue weighted by molar-refractivity contribution is 1.29. The van der Waals surface area contributed by atoms with Crippen molar-refractivity contribution >= 4 is 39.4 Å². The Morgan fingerprint density at radius 1 is 1.11 bits per heavy atom. The highest BCUT2D eigenvalue weighted by Gasteiger charge is 2.05. The lowest BCUT2D eigenvalue weighted by Gasteiger charge is -1.98. The Hall–Kier alpha value is -1.58. The van der Waals surface area contributed by atoms with Crippen LogP contribution in [0.4, 0.5) is 0 Å². The van der Waals surface area contributed by atoms with Crippen molar-refractivity contribution in [3.63, 3.8) is 0 Å². The minimum absolute atomic E-state index is 1.07. The number of thiazole rings is 1. The summed E-state index contributed by atoms with van der Waals surface area (Å²) >= 11 is 3.43. The molecule has 1 heterocycles. The van der Waals surface area contributed by atoms with E-state index in [-0.39, 0.29) is 0 Å². The maximum Gasteiger partial charge on any atom is 0.155 e. The molecule has 18 heavy (non-hydrogen) atoms. The van der Waals surface area contributed by atoms with Crippen LogP contribution >= 0.6 is 23.1 Å². The fourth-order valence-corrected chi connectivity index (χ4v) is 3.81. The summed E-state index contributed by atoms with van der Waals surface area (Å²) in [7, 11) is 0. The predicted octanol–water partition coefficient (Wildman–Crippen LogP) is 5.09. The van der Waals surface area contributed by atoms with Gasteiger partial charge in [0.1, 0.15) is 0 Å². The third-order valence-electron chi connectivity index (χ3n) is 2.57. The Balaban J connectivity index is 1.93. The monoisotopic (exact) mass is 269 g/mol. The van der Waals surface area contributed by atoms with Crippen molar-refractivity contribution in [3.05, 3.63) is 60.7 Å². The number of rotatable bonds is 3. The molecule has 0 unspecified atom stereocenters. The highest BCUT2D eigenvalue weighted by atomic mass is 32.2. The van der Waals surface area contributed by atoms with Gasteiger partial charge in [0.2, 0.25) is 0 Å². The van der Waals surface area contributed by atoms with Crippen LogP contribution in [0.3, 0.4) is 0 Å². The van der Waals surface area contributed by atoms with E-state index in [1.54, 1.807) is 23.1 Å². The molecule has 0 N–H and O–H groups in total. The van der Waals surface area contributed by atoms with Crippen LogP contribution in [0.5, 0.6) is 0 Å². The maximum absolute atomic E-state index is 4.62. The molecular weight excluding hydrogens is 258 g/mol. The molecule has 0 saturated carbocycles. The zero-order valence-corrected chi connectivity index (χ0v) is 11.3. The molecule has 88 valence electrons. The van der Waals surface area contributed by atoms with Gasteiger partial charge in [0.25, 0.3) is 0 Å². The summed E-state index contributed by atoms with van der Waals surface area (Å²) in [5, 5.41) is 0. The van der Waals surface area contributed by atoms with Crippen LogP contribution in [0, 0.1) is 0 Å². The van der Waals surface area contributed by atoms with Crippen molar-refractivity contribution in [2.24, 2.45) is 0 Å². The topological polar surface area (TPSA) is 12.9 Å². The Kier molecular flexibility index (Phi) is 3.17. The van der Waals surface area contributed by atoms with Gasteiger partial charge < -0.3 is 0 Å². The van der Waals surface area contributed by atoms with Crippen LogP contribution in [0.2, 0.25) is 0 Å². The minimum atomic E-state index is 1.07. The van der Waals surface area contributed by atoms with E-state index >= 15 is 0 Å². The molecule has 1 aromatic heterocycles. The quantitative estimate of drug-likeness (QED) is 0.657. The van der Waals surface area contributed by atoms with Crippen LogP contribution in [-0.2, 0) is 0 Å². The highest BCUT2D eigenvalue weighted by molar-refractivity contribution is 8.01. The average molecular weight is 269 g/mol. The first kappa shape index (κ1) is 11.5. The number of aromatic nitrogens is 1. The molecule has 0 radical (unpaired) electrons. The van der Waals surface area contributed by atoms with E-state index in [0.29, 0.717) is 0 Å². The number of hydrogen-bond acceptors (Lipinski definition) is 3. The standard InChI is InChI=1S/C15H11NS2/c1-2-11-6-5-7-12(10-11)17-15-16-13-8-3-4-9-14(13)18-15/h2-10H,1H2. The van der Waals surface area contributed by atoms with Crippen LogP contribution in [-0.4, -0.2) is 4.98 Å². The summed E-state index contributed by atoms with van der Waals surface area (Å²) in [5.41, 5.74) is 2.21. The van der Waals surface area contributed by atoms with E-state index in [1.807, 2.05) is 24.3 Å². The summed E-state index contributed by atoms with van der Waals surface area (Å²) in [4.78, 5) is 5.82. The third kappa shape index (κ3) is 2.33. The molecule has 1 nitrogen and oxygen atoms in total. The van der Waals surface area contributed by atoms with Gasteiger partial charge in [-0.1, -0.05) is 48.7 Å². The molecule has 0 spiro atoms. The summed E-state index contributed by atoms with van der Waals surface area (Å²) in [5.74, 6) is 0. The molecule has 0 aliphatic heterocycles. The summed E-state index contributed by atoms with van der Waals surface area (Å²) < 4.78 is 2.32. The van der Waals surface area contributed by atoms with Gasteiger partial charge in [-0.05, 0) is 29.8 Å². The van der Waals surface area contributed by atoms with E-state index in [4.69, 9.17) is 0 Å². The van der Waals surface area contributed by atoms with Gasteiger partial charge in [0, 0.05) is 4.90 Å². The molecule has 3 heteroatoms. The van der Waals surface area contributed by atoms with Gasteiger partial charge in [-0.15, -0.1) is 11.3 Å². The smallest absolute Gasteiger partial charge is 0.155 e. The van der Waals surface area contributed by atoms with E-state index in [1.165, 1.54) is 9.60 Å². The van der Waals surface area contributed by atoms with E-state index in [2.05, 4.69) is 41.9 Å². The number of para-hydroxylation sites is 1. The highest BCUT2D eigenvalue weighted by Crippen LogP contribution is 2.34. The van der Waals surface area contributed by atoms with Crippen LogP contribution in [0.1, 0.15) is 5.56 Å². The SMILES string of the molecule is C=Cc1cccc(Sc2nc3ccccc3s2)c1. The fraction of sp³-hybridized carbons (Fsp3) is 0. The minimum Gasteiger partial charge on any atom is -0.229 e. The second-order valence-electron chi connectivity index (χ2n) is 3.83. The van der Waals surface area contributed by atoms with E-state index in [9.17, 15) is 0 Å². The van der Waals surface area contributed by atoms with Crippen molar-refractivity contribution in [1.29, 1.82) is 0 Å². The molecule has 0 fully saturated rings. The number of hydrogen-bond donors (Lipinski definition) is 0. The molecule has 3 rings (SSSR count). The number of fused-ring (bicyclic) bond motifs is 1. The van der Waals surface area contributed by atoms with Gasteiger partial charge in [-0.25, -0.2) is 4.98 Å². The summed E-state index contributed by atoms with van der Waals surface area (Å²) in [6.07, 6.45) is 1.86. The third-order valence-corrected chi connectivity index (χ3v) is 4.66. The zero-order valence-electron chi connectivity index (χ0n) is 9.67. The number of nitrogens with zero attached hydrogens (tertiary/aromatic N) is 1. The Labute approximate surface area is 114 Å². The number of benzene rings is 2. The molecule has 2 aromatic carbocycles. The lowest BCUT2D eigenvalue weighted by Crippen LogP contribution is -1.74. The van der Waals surface area contributed by atoms with Gasteiger partial charge in [-0.2, -0.15) is 0 Å². The molecular formula is C15H11NS2. The van der Waals surface area contributed by atoms with Gasteiger partial charge in [0.05, 0.1) is 10.2 Å². The predicted molar refractivity (Wildman–Crippen MR) is 80.3 cm³/mol. The van der Waals surface area contributed by atoms with Crippen molar-refractivity contribution in [2.75, 3.05) is 0 Å². The van der Waals surface area contributed by atoms with Crippen molar-refractivity contribution < 1.29 is 0 Å². The molecule has 0 saturated heterocycles. The van der Waals surface area contributed by atoms with Crippen LogP contribution in [0.15, 0.2) is 64.3 Å². The van der Waals surface area contributed by atoms with Gasteiger partial charge >= 0.3 is 0 Å². The Morgan fingerprint density at radius 3 is 2.83 bits per heavy atom. The van der Waals surface area contributed by atoms with Crippen molar-refractivity contribution in [2.45, 2.75) is 9.24 Å². The average Bonchev–Trinajstić information content (AvgIpc) is 2.81. The molecule has 0 atom stereocenters. The molecule has 0 bridgehead atoms. The summed E-state index contributed by atoms with van der Waals surface area (Å²) in [6.45, 7) is 3.79. The van der Waals surface area contributed by atoms with E-state index < -0.39 is 0 Å². The largest absolute Gasteiger partial charge is 0.229 e. The van der Waals surface area contributed by atoms with Gasteiger partial charge in [0.15, 0.2) is 4.34 Å². The Morgan fingerprint density at radius 2 is 2.00 bits per heavy atom. The first-order chi connectivity index (χ1) is 8.85. The second kappa shape index (κ2) is 4.96. The van der Waals surface area contributed by atoms with Gasteiger partial charge in [-0.3, -0.25) is 0 Å². The molecule has 0 aliphatic carbocycles. The lowest BCUT2D eigenvalue weighted by atomic mass is 10.2. The van der Waals surface area contributed by atoms with Crippen LogP contribution in [0.25, 0.3) is 16.3 Å². The van der Waals surface area contributed by atoms with Crippen LogP contribution < -0.4 is 0 Å². The van der Waals surface area contributed by atoms with Crippen molar-refractivity contribution in [1.82, 2.24) is 4.98 Å². The molecule has 0 aliphatic rings. The molecule has 3 aromatic rings. The fourth-order valence-electron chi connectivity index (χ4n) is 1.70. The second-order valence-corrected chi connectivity index (χ2v) is 6.18. The summed E-state index contributed by atoms with van der Waals surface area (Å²) in [6, 6.07) is 16.6. The normalized spacial score (nSPS) is 10.7. The molecule has 0 amide bonds. The maximum atomic E-state index is 4.62. The first-order valence-corrected chi connectivity index (χ1v) is 7.24. The van der Waals surface area contributed by atoms with E-state index in [0.717, 1.165) is 15.4 Å². The first-order valence-electron chi connectivity index (χ1n) is 5.61. The Bertz CT molecular complexity index is 667. The zero-order chi connectivity index (χ0) is 12.4. The van der Waals surface area contributed by atoms with Crippen molar-refractivity contribution in [3.8, 4) is 0 Å².